The molecule has 0 fully saturated rings. The molecule has 2 aromatic carbocycles. The van der Waals surface area contributed by atoms with Gasteiger partial charge in [0.05, 0.1) is 23.9 Å². The first kappa shape index (κ1) is 18.0. The van der Waals surface area contributed by atoms with Gasteiger partial charge in [-0.3, -0.25) is 4.79 Å². The monoisotopic (exact) mass is 374 g/mol. The number of aromatic nitrogens is 1. The second kappa shape index (κ2) is 8.05. The van der Waals surface area contributed by atoms with Crippen LogP contribution in [0, 0.1) is 11.6 Å². The fourth-order valence-corrected chi connectivity index (χ4v) is 3.37. The van der Waals surface area contributed by atoms with E-state index in [1.165, 1.54) is 36.6 Å². The van der Waals surface area contributed by atoms with Gasteiger partial charge in [-0.25, -0.2) is 13.8 Å². The summed E-state index contributed by atoms with van der Waals surface area (Å²) in [5.74, 6) is -1.04. The Morgan fingerprint density at radius 1 is 1.15 bits per heavy atom. The highest BCUT2D eigenvalue weighted by Gasteiger charge is 2.15. The number of nitrogens with zero attached hydrogens (tertiary/aromatic N) is 1. The van der Waals surface area contributed by atoms with Crippen LogP contribution in [0.25, 0.3) is 10.6 Å². The number of carbonyl (C=O) groups is 1. The van der Waals surface area contributed by atoms with Crippen LogP contribution in [0.5, 0.6) is 5.75 Å². The molecular formula is C19H16F2N2O2S. The van der Waals surface area contributed by atoms with Crippen LogP contribution in [-0.4, -0.2) is 24.5 Å². The van der Waals surface area contributed by atoms with Crippen molar-refractivity contribution in [1.82, 2.24) is 10.3 Å². The third-order valence-electron chi connectivity index (χ3n) is 3.75. The molecule has 1 aromatic heterocycles. The van der Waals surface area contributed by atoms with Crippen molar-refractivity contribution in [2.45, 2.75) is 6.42 Å². The van der Waals surface area contributed by atoms with Crippen molar-refractivity contribution in [3.05, 3.63) is 70.7 Å². The minimum absolute atomic E-state index is 0.123. The molecule has 7 heteroatoms. The van der Waals surface area contributed by atoms with Crippen molar-refractivity contribution >= 4 is 17.2 Å². The summed E-state index contributed by atoms with van der Waals surface area (Å²) in [5, 5.41) is 4.81. The number of halogens is 2. The van der Waals surface area contributed by atoms with Gasteiger partial charge >= 0.3 is 0 Å². The number of hydrogen-bond donors (Lipinski definition) is 1. The van der Waals surface area contributed by atoms with Crippen LogP contribution < -0.4 is 10.1 Å². The van der Waals surface area contributed by atoms with Gasteiger partial charge in [-0.2, -0.15) is 0 Å². The van der Waals surface area contributed by atoms with Crippen LogP contribution in [0.3, 0.4) is 0 Å². The van der Waals surface area contributed by atoms with Crippen LogP contribution in [-0.2, 0) is 6.42 Å². The fraction of sp³-hybridized carbons (Fsp3) is 0.158. The third kappa shape index (κ3) is 3.88. The molecule has 134 valence electrons. The molecule has 0 bridgehead atoms. The van der Waals surface area contributed by atoms with Gasteiger partial charge in [0.15, 0.2) is 0 Å². The average Bonchev–Trinajstić information content (AvgIpc) is 3.10. The predicted octanol–water partition coefficient (Wildman–Crippen LogP) is 4.07. The van der Waals surface area contributed by atoms with E-state index in [1.807, 2.05) is 0 Å². The van der Waals surface area contributed by atoms with Gasteiger partial charge in [-0.15, -0.1) is 11.3 Å². The van der Waals surface area contributed by atoms with Gasteiger partial charge in [0.2, 0.25) is 0 Å². The summed E-state index contributed by atoms with van der Waals surface area (Å²) in [4.78, 5) is 16.5. The summed E-state index contributed by atoms with van der Waals surface area (Å²) in [5.41, 5.74) is 0.984. The number of para-hydroxylation sites is 1. The Labute approximate surface area is 153 Å². The third-order valence-corrected chi connectivity index (χ3v) is 4.66. The highest BCUT2D eigenvalue weighted by molar-refractivity contribution is 7.13. The Balaban J connectivity index is 1.63. The van der Waals surface area contributed by atoms with Crippen LogP contribution in [0.4, 0.5) is 8.78 Å². The van der Waals surface area contributed by atoms with E-state index in [2.05, 4.69) is 10.3 Å². The van der Waals surface area contributed by atoms with Crippen molar-refractivity contribution in [2.24, 2.45) is 0 Å². The Morgan fingerprint density at radius 2 is 1.88 bits per heavy atom. The lowest BCUT2D eigenvalue weighted by molar-refractivity contribution is 0.0951. The minimum Gasteiger partial charge on any atom is -0.496 e. The van der Waals surface area contributed by atoms with Gasteiger partial charge < -0.3 is 10.1 Å². The number of benzene rings is 2. The summed E-state index contributed by atoms with van der Waals surface area (Å²) in [6.07, 6.45) is 0.452. The Hall–Kier alpha value is -2.80. The molecule has 1 heterocycles. The van der Waals surface area contributed by atoms with Gasteiger partial charge in [0.1, 0.15) is 22.4 Å². The van der Waals surface area contributed by atoms with Gasteiger partial charge in [0.25, 0.3) is 5.91 Å². The molecule has 1 N–H and O–H groups in total. The minimum atomic E-state index is -0.643. The lowest BCUT2D eigenvalue weighted by Crippen LogP contribution is -2.26. The fourth-order valence-electron chi connectivity index (χ4n) is 2.47. The van der Waals surface area contributed by atoms with E-state index >= 15 is 0 Å². The molecule has 3 rings (SSSR count). The highest BCUT2D eigenvalue weighted by atomic mass is 32.1. The van der Waals surface area contributed by atoms with Gasteiger partial charge in [-0.05, 0) is 24.3 Å². The van der Waals surface area contributed by atoms with Crippen molar-refractivity contribution < 1.29 is 18.3 Å². The van der Waals surface area contributed by atoms with Crippen LogP contribution >= 0.6 is 11.3 Å². The summed E-state index contributed by atoms with van der Waals surface area (Å²) in [6.45, 7) is 0.347. The number of methoxy groups -OCH3 is 1. The average molecular weight is 374 g/mol. The zero-order valence-corrected chi connectivity index (χ0v) is 14.8. The smallest absolute Gasteiger partial charge is 0.255 e. The maximum absolute atomic E-state index is 13.8. The quantitative estimate of drug-likeness (QED) is 0.708. The number of rotatable bonds is 6. The number of hydrogen-bond acceptors (Lipinski definition) is 4. The first-order chi connectivity index (χ1) is 12.6. The predicted molar refractivity (Wildman–Crippen MR) is 96.5 cm³/mol. The van der Waals surface area contributed by atoms with E-state index in [9.17, 15) is 13.6 Å². The van der Waals surface area contributed by atoms with Gasteiger partial charge in [0, 0.05) is 18.3 Å². The molecule has 0 atom stereocenters. The normalized spacial score (nSPS) is 10.6. The number of carbonyl (C=O) groups excluding carboxylic acids is 1. The molecule has 0 aliphatic rings. The molecule has 0 radical (unpaired) electrons. The molecular weight excluding hydrogens is 358 g/mol. The largest absolute Gasteiger partial charge is 0.496 e. The summed E-state index contributed by atoms with van der Waals surface area (Å²) in [7, 11) is 1.50. The first-order valence-electron chi connectivity index (χ1n) is 7.90. The van der Waals surface area contributed by atoms with Crippen LogP contribution in [0.1, 0.15) is 16.1 Å². The van der Waals surface area contributed by atoms with Crippen molar-refractivity contribution in [1.29, 1.82) is 0 Å². The standard InChI is InChI=1S/C19H16F2N2O2S/c1-25-16-8-3-2-5-13(16)18(24)22-10-9-12-11-26-19(23-12)17-14(20)6-4-7-15(17)21/h2-8,11H,9-10H2,1H3,(H,22,24). The number of amides is 1. The van der Waals surface area contributed by atoms with E-state index in [0.717, 1.165) is 0 Å². The first-order valence-corrected chi connectivity index (χ1v) is 8.78. The Morgan fingerprint density at radius 3 is 2.62 bits per heavy atom. The Kier molecular flexibility index (Phi) is 5.58. The molecule has 0 saturated heterocycles. The highest BCUT2D eigenvalue weighted by Crippen LogP contribution is 2.28. The SMILES string of the molecule is COc1ccccc1C(=O)NCCc1csc(-c2c(F)cccc2F)n1. The molecule has 0 spiro atoms. The summed E-state index contributed by atoms with van der Waals surface area (Å²) < 4.78 is 32.8. The lowest BCUT2D eigenvalue weighted by Gasteiger charge is -2.08. The molecule has 0 aliphatic heterocycles. The second-order valence-electron chi connectivity index (χ2n) is 5.45. The molecule has 4 nitrogen and oxygen atoms in total. The maximum Gasteiger partial charge on any atom is 0.255 e. The van der Waals surface area contributed by atoms with Gasteiger partial charge in [-0.1, -0.05) is 18.2 Å². The zero-order valence-electron chi connectivity index (χ0n) is 14.0. The van der Waals surface area contributed by atoms with E-state index < -0.39 is 11.6 Å². The van der Waals surface area contributed by atoms with Crippen LogP contribution in [0.15, 0.2) is 47.8 Å². The number of ether oxygens (including phenoxy) is 1. The molecule has 1 amide bonds. The van der Waals surface area contributed by atoms with E-state index in [-0.39, 0.29) is 16.5 Å². The second-order valence-corrected chi connectivity index (χ2v) is 6.30. The molecule has 0 saturated carbocycles. The van der Waals surface area contributed by atoms with Crippen molar-refractivity contribution in [2.75, 3.05) is 13.7 Å². The number of nitrogens with one attached hydrogen (secondary N) is 1. The van der Waals surface area contributed by atoms with E-state index in [4.69, 9.17) is 4.74 Å². The number of thiazole rings is 1. The van der Waals surface area contributed by atoms with Crippen molar-refractivity contribution in [3.8, 4) is 16.3 Å². The summed E-state index contributed by atoms with van der Waals surface area (Å²) >= 11 is 1.17. The van der Waals surface area contributed by atoms with Crippen molar-refractivity contribution in [3.63, 3.8) is 0 Å². The molecule has 3 aromatic rings. The Bertz CT molecular complexity index is 907. The lowest BCUT2D eigenvalue weighted by atomic mass is 10.2. The van der Waals surface area contributed by atoms with E-state index in [1.54, 1.807) is 29.6 Å². The zero-order chi connectivity index (χ0) is 18.5. The molecule has 0 unspecified atom stereocenters. The molecule has 26 heavy (non-hydrogen) atoms. The van der Waals surface area contributed by atoms with E-state index in [0.29, 0.717) is 30.0 Å². The topological polar surface area (TPSA) is 51.2 Å². The molecule has 0 aliphatic carbocycles. The summed E-state index contributed by atoms with van der Waals surface area (Å²) in [6, 6.07) is 10.7. The maximum atomic E-state index is 13.8. The van der Waals surface area contributed by atoms with Crippen LogP contribution in [0.2, 0.25) is 0 Å².